The number of ether oxygens (including phenoxy) is 1. The summed E-state index contributed by atoms with van der Waals surface area (Å²) in [7, 11) is 0. The molecule has 6 rings (SSSR count). The number of carbonyl (C=O) groups is 1. The van der Waals surface area contributed by atoms with Gasteiger partial charge in [-0.05, 0) is 48.4 Å². The number of amides is 1. The van der Waals surface area contributed by atoms with Gasteiger partial charge in [0, 0.05) is 62.2 Å². The molecule has 0 radical (unpaired) electrons. The predicted molar refractivity (Wildman–Crippen MR) is 162 cm³/mol. The fraction of sp³-hybridized carbons (Fsp3) is 0.212. The molecule has 9 heteroatoms. The smallest absolute Gasteiger partial charge is 0.270 e. The zero-order valence-corrected chi connectivity index (χ0v) is 23.3. The summed E-state index contributed by atoms with van der Waals surface area (Å²) < 4.78 is 7.90. The molecule has 5 aromatic rings. The van der Waals surface area contributed by atoms with E-state index in [-0.39, 0.29) is 11.6 Å². The van der Waals surface area contributed by atoms with E-state index in [1.54, 1.807) is 17.0 Å². The molecule has 0 unspecified atom stereocenters. The van der Waals surface area contributed by atoms with Gasteiger partial charge in [0.1, 0.15) is 11.4 Å². The molecule has 0 bridgehead atoms. The summed E-state index contributed by atoms with van der Waals surface area (Å²) in [5.41, 5.74) is 6.33. The number of nitro benzene ring substituents is 1. The molecule has 1 aliphatic heterocycles. The van der Waals surface area contributed by atoms with E-state index in [9.17, 15) is 14.9 Å². The zero-order valence-electron chi connectivity index (χ0n) is 23.3. The summed E-state index contributed by atoms with van der Waals surface area (Å²) in [6.07, 6.45) is 2.14. The van der Waals surface area contributed by atoms with Crippen LogP contribution >= 0.6 is 0 Å². The average Bonchev–Trinajstić information content (AvgIpc) is 3.39. The monoisotopic (exact) mass is 561 g/mol. The number of imidazole rings is 1. The van der Waals surface area contributed by atoms with Gasteiger partial charge in [-0.3, -0.25) is 19.8 Å². The number of nitrogens with zero attached hydrogens (tertiary/aromatic N) is 5. The van der Waals surface area contributed by atoms with Crippen LogP contribution < -0.4 is 4.74 Å². The molecule has 212 valence electrons. The first-order valence-electron chi connectivity index (χ1n) is 14.1. The van der Waals surface area contributed by atoms with Crippen LogP contribution in [-0.4, -0.2) is 62.8 Å². The SMILES string of the molecule is CCOc1cccc(-c2ccc3nc(-c4ccccc4)c(CN4CCN(C(=O)c5cccc([N+](=O)[O-])c5)CC4)n3c2)c1. The Morgan fingerprint density at radius 2 is 1.64 bits per heavy atom. The highest BCUT2D eigenvalue weighted by atomic mass is 16.6. The van der Waals surface area contributed by atoms with Gasteiger partial charge in [0.2, 0.25) is 0 Å². The molecular weight excluding hydrogens is 530 g/mol. The first-order valence-corrected chi connectivity index (χ1v) is 14.1. The Morgan fingerprint density at radius 1 is 0.881 bits per heavy atom. The number of fused-ring (bicyclic) bond motifs is 1. The number of rotatable bonds is 8. The molecule has 3 aromatic carbocycles. The highest BCUT2D eigenvalue weighted by molar-refractivity contribution is 5.95. The van der Waals surface area contributed by atoms with Gasteiger partial charge < -0.3 is 14.0 Å². The van der Waals surface area contributed by atoms with Gasteiger partial charge in [-0.1, -0.05) is 48.5 Å². The van der Waals surface area contributed by atoms with Gasteiger partial charge in [0.05, 0.1) is 22.9 Å². The number of hydrogen-bond acceptors (Lipinski definition) is 6. The highest BCUT2D eigenvalue weighted by Crippen LogP contribution is 2.30. The van der Waals surface area contributed by atoms with E-state index in [1.807, 2.05) is 43.3 Å². The van der Waals surface area contributed by atoms with Crippen LogP contribution in [0.5, 0.6) is 5.75 Å². The topological polar surface area (TPSA) is 93.2 Å². The van der Waals surface area contributed by atoms with Crippen molar-refractivity contribution < 1.29 is 14.5 Å². The lowest BCUT2D eigenvalue weighted by molar-refractivity contribution is -0.384. The molecule has 0 N–H and O–H groups in total. The Hall–Kier alpha value is -5.02. The molecule has 1 amide bonds. The second-order valence-electron chi connectivity index (χ2n) is 10.3. The van der Waals surface area contributed by atoms with Crippen molar-refractivity contribution in [3.63, 3.8) is 0 Å². The van der Waals surface area contributed by atoms with Crippen LogP contribution in [0.1, 0.15) is 23.0 Å². The highest BCUT2D eigenvalue weighted by Gasteiger charge is 2.25. The van der Waals surface area contributed by atoms with Gasteiger partial charge in [-0.25, -0.2) is 4.98 Å². The van der Waals surface area contributed by atoms with Crippen LogP contribution in [0.15, 0.2) is 97.2 Å². The number of carbonyl (C=O) groups excluding carboxylic acids is 1. The minimum absolute atomic E-state index is 0.0791. The maximum absolute atomic E-state index is 13.1. The van der Waals surface area contributed by atoms with E-state index >= 15 is 0 Å². The fourth-order valence-electron chi connectivity index (χ4n) is 5.43. The zero-order chi connectivity index (χ0) is 29.1. The van der Waals surface area contributed by atoms with Crippen molar-refractivity contribution in [3.8, 4) is 28.1 Å². The lowest BCUT2D eigenvalue weighted by Crippen LogP contribution is -2.48. The van der Waals surface area contributed by atoms with E-state index in [2.05, 4.69) is 45.8 Å². The Kier molecular flexibility index (Phi) is 7.66. The van der Waals surface area contributed by atoms with Crippen molar-refractivity contribution in [2.24, 2.45) is 0 Å². The second-order valence-corrected chi connectivity index (χ2v) is 10.3. The summed E-state index contributed by atoms with van der Waals surface area (Å²) in [5, 5.41) is 11.2. The molecule has 9 nitrogen and oxygen atoms in total. The summed E-state index contributed by atoms with van der Waals surface area (Å²) in [4.78, 5) is 32.9. The molecule has 42 heavy (non-hydrogen) atoms. The van der Waals surface area contributed by atoms with Gasteiger partial charge in [-0.15, -0.1) is 0 Å². The van der Waals surface area contributed by atoms with Crippen LogP contribution in [0.25, 0.3) is 28.0 Å². The lowest BCUT2D eigenvalue weighted by Gasteiger charge is -2.34. The Balaban J connectivity index is 1.27. The Labute approximate surface area is 243 Å². The first-order chi connectivity index (χ1) is 20.5. The fourth-order valence-corrected chi connectivity index (χ4v) is 5.43. The number of aromatic nitrogens is 2. The number of non-ortho nitro benzene ring substituents is 1. The lowest BCUT2D eigenvalue weighted by atomic mass is 10.1. The molecular formula is C33H31N5O4. The summed E-state index contributed by atoms with van der Waals surface area (Å²) in [5.74, 6) is 0.653. The number of benzene rings is 3. The molecule has 3 heterocycles. The molecule has 1 fully saturated rings. The van der Waals surface area contributed by atoms with Crippen molar-refractivity contribution in [1.82, 2.24) is 19.2 Å². The third kappa shape index (κ3) is 5.59. The van der Waals surface area contributed by atoms with Crippen LogP contribution in [0.4, 0.5) is 5.69 Å². The predicted octanol–water partition coefficient (Wildman–Crippen LogP) is 5.93. The van der Waals surface area contributed by atoms with E-state index in [0.29, 0.717) is 44.9 Å². The van der Waals surface area contributed by atoms with Gasteiger partial charge in [0.25, 0.3) is 11.6 Å². The maximum Gasteiger partial charge on any atom is 0.270 e. The van der Waals surface area contributed by atoms with Crippen molar-refractivity contribution in [2.75, 3.05) is 32.8 Å². The minimum Gasteiger partial charge on any atom is -0.494 e. The van der Waals surface area contributed by atoms with E-state index in [1.165, 1.54) is 12.1 Å². The van der Waals surface area contributed by atoms with Crippen molar-refractivity contribution in [3.05, 3.63) is 119 Å². The molecule has 1 aliphatic rings. The van der Waals surface area contributed by atoms with E-state index in [4.69, 9.17) is 9.72 Å². The number of hydrogen-bond donors (Lipinski definition) is 0. The molecule has 2 aromatic heterocycles. The summed E-state index contributed by atoms with van der Waals surface area (Å²) >= 11 is 0. The van der Waals surface area contributed by atoms with Crippen LogP contribution in [0.2, 0.25) is 0 Å². The quantitative estimate of drug-likeness (QED) is 0.172. The van der Waals surface area contributed by atoms with E-state index in [0.717, 1.165) is 39.5 Å². The third-order valence-electron chi connectivity index (χ3n) is 7.58. The molecule has 0 atom stereocenters. The van der Waals surface area contributed by atoms with Crippen molar-refractivity contribution in [2.45, 2.75) is 13.5 Å². The molecule has 0 aliphatic carbocycles. The molecule has 0 saturated carbocycles. The average molecular weight is 562 g/mol. The van der Waals surface area contributed by atoms with Gasteiger partial charge in [-0.2, -0.15) is 0 Å². The van der Waals surface area contributed by atoms with Crippen LogP contribution in [0.3, 0.4) is 0 Å². The standard InChI is InChI=1S/C33H31N5O4/c1-2-42-29-13-7-10-25(21-29)27-14-15-31-34-32(24-8-4-3-5-9-24)30(37(31)22-27)23-35-16-18-36(19-17-35)33(39)26-11-6-12-28(20-26)38(40)41/h3-15,20-22H,2,16-19,23H2,1H3. The summed E-state index contributed by atoms with van der Waals surface area (Å²) in [6, 6.07) is 28.4. The third-order valence-corrected chi connectivity index (χ3v) is 7.58. The van der Waals surface area contributed by atoms with Crippen LogP contribution in [-0.2, 0) is 6.54 Å². The summed E-state index contributed by atoms with van der Waals surface area (Å²) in [6.45, 7) is 5.68. The minimum atomic E-state index is -0.476. The van der Waals surface area contributed by atoms with Gasteiger partial charge >= 0.3 is 0 Å². The van der Waals surface area contributed by atoms with Gasteiger partial charge in [0.15, 0.2) is 0 Å². The second kappa shape index (κ2) is 11.8. The number of pyridine rings is 1. The first kappa shape index (κ1) is 27.2. The largest absolute Gasteiger partial charge is 0.494 e. The van der Waals surface area contributed by atoms with E-state index < -0.39 is 4.92 Å². The normalized spacial score (nSPS) is 13.8. The van der Waals surface area contributed by atoms with Crippen molar-refractivity contribution in [1.29, 1.82) is 0 Å². The molecule has 0 spiro atoms. The van der Waals surface area contributed by atoms with Crippen molar-refractivity contribution >= 4 is 17.2 Å². The Bertz CT molecular complexity index is 1740. The van der Waals surface area contributed by atoms with Crippen LogP contribution in [0, 0.1) is 10.1 Å². The number of nitro groups is 1. The molecule has 1 saturated heterocycles. The maximum atomic E-state index is 13.1. The Morgan fingerprint density at radius 3 is 2.40 bits per heavy atom. The number of piperazine rings is 1.